The number of hydrogen-bond acceptors (Lipinski definition) is 4. The topological polar surface area (TPSA) is 66.5 Å². The van der Waals surface area contributed by atoms with Crippen molar-refractivity contribution in [3.05, 3.63) is 29.8 Å². The van der Waals surface area contributed by atoms with Crippen molar-refractivity contribution < 1.29 is 13.2 Å². The van der Waals surface area contributed by atoms with Crippen molar-refractivity contribution in [3.63, 3.8) is 0 Å². The van der Waals surface area contributed by atoms with Crippen LogP contribution in [-0.2, 0) is 14.6 Å². The molecule has 1 aromatic carbocycles. The van der Waals surface area contributed by atoms with Gasteiger partial charge in [-0.2, -0.15) is 0 Å². The Balaban J connectivity index is 0.00000225. The minimum Gasteiger partial charge on any atom is -0.339 e. The van der Waals surface area contributed by atoms with Crippen LogP contribution in [0.15, 0.2) is 29.2 Å². The van der Waals surface area contributed by atoms with Gasteiger partial charge in [-0.25, -0.2) is 8.42 Å². The number of piperidine rings is 1. The molecule has 1 aromatic rings. The van der Waals surface area contributed by atoms with E-state index in [1.165, 1.54) is 6.26 Å². The lowest BCUT2D eigenvalue weighted by Gasteiger charge is -2.28. The van der Waals surface area contributed by atoms with Gasteiger partial charge in [-0.05, 0) is 62.4 Å². The molecule has 2 unspecified atom stereocenters. The van der Waals surface area contributed by atoms with E-state index >= 15 is 0 Å². The van der Waals surface area contributed by atoms with E-state index in [4.69, 9.17) is 0 Å². The second-order valence-corrected chi connectivity index (χ2v) is 9.35. The number of hydrogen-bond donors (Lipinski definition) is 1. The molecule has 5 nitrogen and oxygen atoms in total. The van der Waals surface area contributed by atoms with Crippen molar-refractivity contribution >= 4 is 28.2 Å². The first kappa shape index (κ1) is 20.2. The molecule has 25 heavy (non-hydrogen) atoms. The van der Waals surface area contributed by atoms with Gasteiger partial charge in [0.2, 0.25) is 5.91 Å². The zero-order valence-corrected chi connectivity index (χ0v) is 16.6. The van der Waals surface area contributed by atoms with E-state index in [1.54, 1.807) is 24.3 Å². The average molecular weight is 387 g/mol. The minimum atomic E-state index is -3.19. The smallest absolute Gasteiger partial charge is 0.226 e. The zero-order chi connectivity index (χ0) is 17.5. The molecule has 1 spiro atoms. The Kier molecular flexibility index (Phi) is 5.86. The average Bonchev–Trinajstić information content (AvgIpc) is 3.25. The van der Waals surface area contributed by atoms with Gasteiger partial charge in [0.05, 0.1) is 10.9 Å². The molecule has 1 heterocycles. The lowest BCUT2D eigenvalue weighted by molar-refractivity contribution is -0.134. The molecule has 0 bridgehead atoms. The molecule has 2 fully saturated rings. The predicted octanol–water partition coefficient (Wildman–Crippen LogP) is 2.42. The van der Waals surface area contributed by atoms with Crippen LogP contribution in [0.1, 0.15) is 37.8 Å². The number of benzene rings is 1. The first-order chi connectivity index (χ1) is 11.2. The van der Waals surface area contributed by atoms with Crippen molar-refractivity contribution in [1.29, 1.82) is 0 Å². The summed E-state index contributed by atoms with van der Waals surface area (Å²) in [6, 6.07) is 6.77. The number of halogens is 1. The summed E-state index contributed by atoms with van der Waals surface area (Å²) < 4.78 is 23.1. The van der Waals surface area contributed by atoms with Crippen LogP contribution in [0, 0.1) is 11.3 Å². The van der Waals surface area contributed by atoms with Crippen LogP contribution in [0.25, 0.3) is 0 Å². The maximum Gasteiger partial charge on any atom is 0.226 e. The maximum atomic E-state index is 12.8. The third kappa shape index (κ3) is 4.01. The quantitative estimate of drug-likeness (QED) is 0.862. The standard InChI is InChI=1S/C18H26N2O3S.ClH/c1-13(14-4-6-15(7-5-14)24(3,22)23)20(2)17(21)16-12-18(16)8-10-19-11-9-18;/h4-7,13,16,19H,8-12H2,1-3H3;1H. The van der Waals surface area contributed by atoms with Gasteiger partial charge in [-0.1, -0.05) is 12.1 Å². The summed E-state index contributed by atoms with van der Waals surface area (Å²) in [4.78, 5) is 15.0. The number of nitrogens with zero attached hydrogens (tertiary/aromatic N) is 1. The third-order valence-electron chi connectivity index (χ3n) is 5.81. The first-order valence-electron chi connectivity index (χ1n) is 8.52. The molecule has 2 aliphatic rings. The van der Waals surface area contributed by atoms with Gasteiger partial charge in [0.15, 0.2) is 9.84 Å². The number of rotatable bonds is 4. The number of nitrogens with one attached hydrogen (secondary N) is 1. The van der Waals surface area contributed by atoms with Crippen LogP contribution in [0.5, 0.6) is 0 Å². The molecule has 1 saturated heterocycles. The van der Waals surface area contributed by atoms with Crippen LogP contribution in [0.2, 0.25) is 0 Å². The summed E-state index contributed by atoms with van der Waals surface area (Å²) >= 11 is 0. The van der Waals surface area contributed by atoms with Crippen molar-refractivity contribution in [2.75, 3.05) is 26.4 Å². The number of amides is 1. The monoisotopic (exact) mass is 386 g/mol. The number of sulfone groups is 1. The molecule has 7 heteroatoms. The molecule has 1 amide bonds. The zero-order valence-electron chi connectivity index (χ0n) is 15.0. The Labute approximate surface area is 156 Å². The van der Waals surface area contributed by atoms with E-state index in [-0.39, 0.29) is 35.7 Å². The summed E-state index contributed by atoms with van der Waals surface area (Å²) in [5.74, 6) is 0.374. The Bertz CT molecular complexity index is 727. The van der Waals surface area contributed by atoms with E-state index in [0.717, 1.165) is 37.9 Å². The van der Waals surface area contributed by atoms with Gasteiger partial charge in [0.1, 0.15) is 0 Å². The summed E-state index contributed by atoms with van der Waals surface area (Å²) in [6.07, 6.45) is 4.40. The van der Waals surface area contributed by atoms with Crippen molar-refractivity contribution in [2.45, 2.75) is 37.1 Å². The SMILES string of the molecule is CC(c1ccc(S(C)(=O)=O)cc1)N(C)C(=O)C1CC12CCNCC2.Cl. The number of carbonyl (C=O) groups is 1. The lowest BCUT2D eigenvalue weighted by Crippen LogP contribution is -2.35. The highest BCUT2D eigenvalue weighted by atomic mass is 35.5. The van der Waals surface area contributed by atoms with Crippen LogP contribution < -0.4 is 5.32 Å². The summed E-state index contributed by atoms with van der Waals surface area (Å²) in [6.45, 7) is 4.01. The molecule has 140 valence electrons. The predicted molar refractivity (Wildman–Crippen MR) is 101 cm³/mol. The fourth-order valence-electron chi connectivity index (χ4n) is 3.83. The highest BCUT2D eigenvalue weighted by Gasteiger charge is 2.58. The fourth-order valence-corrected chi connectivity index (χ4v) is 4.46. The van der Waals surface area contributed by atoms with Gasteiger partial charge in [0.25, 0.3) is 0 Å². The van der Waals surface area contributed by atoms with E-state index in [9.17, 15) is 13.2 Å². The normalized spacial score (nSPS) is 22.8. The van der Waals surface area contributed by atoms with E-state index in [1.807, 2.05) is 18.9 Å². The highest BCUT2D eigenvalue weighted by molar-refractivity contribution is 7.90. The molecular formula is C18H27ClN2O3S. The van der Waals surface area contributed by atoms with E-state index < -0.39 is 9.84 Å². The van der Waals surface area contributed by atoms with Gasteiger partial charge >= 0.3 is 0 Å². The van der Waals surface area contributed by atoms with Crippen LogP contribution >= 0.6 is 12.4 Å². The molecule has 1 aliphatic heterocycles. The molecule has 0 aromatic heterocycles. The number of carbonyl (C=O) groups excluding carboxylic acids is 1. The molecule has 3 rings (SSSR count). The Morgan fingerprint density at radius 1 is 1.24 bits per heavy atom. The lowest BCUT2D eigenvalue weighted by atomic mass is 9.91. The summed E-state index contributed by atoms with van der Waals surface area (Å²) in [5.41, 5.74) is 1.19. The van der Waals surface area contributed by atoms with Crippen LogP contribution in [0.4, 0.5) is 0 Å². The maximum absolute atomic E-state index is 12.8. The first-order valence-corrected chi connectivity index (χ1v) is 10.4. The molecule has 0 radical (unpaired) electrons. The molecule has 1 aliphatic carbocycles. The fraction of sp³-hybridized carbons (Fsp3) is 0.611. The summed E-state index contributed by atoms with van der Waals surface area (Å²) in [7, 11) is -1.34. The van der Waals surface area contributed by atoms with Gasteiger partial charge in [-0.3, -0.25) is 4.79 Å². The molecular weight excluding hydrogens is 360 g/mol. The van der Waals surface area contributed by atoms with Crippen molar-refractivity contribution in [3.8, 4) is 0 Å². The second-order valence-electron chi connectivity index (χ2n) is 7.34. The Hall–Kier alpha value is -1.11. The Morgan fingerprint density at radius 3 is 2.32 bits per heavy atom. The molecule has 2 atom stereocenters. The van der Waals surface area contributed by atoms with Gasteiger partial charge in [-0.15, -0.1) is 12.4 Å². The highest BCUT2D eigenvalue weighted by Crippen LogP contribution is 2.59. The second kappa shape index (κ2) is 7.25. The van der Waals surface area contributed by atoms with Gasteiger partial charge < -0.3 is 10.2 Å². The summed E-state index contributed by atoms with van der Waals surface area (Å²) in [5, 5.41) is 3.36. The Morgan fingerprint density at radius 2 is 1.80 bits per heavy atom. The molecule has 1 N–H and O–H groups in total. The van der Waals surface area contributed by atoms with E-state index in [0.29, 0.717) is 4.90 Å². The van der Waals surface area contributed by atoms with Crippen molar-refractivity contribution in [2.24, 2.45) is 11.3 Å². The third-order valence-corrected chi connectivity index (χ3v) is 6.93. The van der Waals surface area contributed by atoms with Crippen molar-refractivity contribution in [1.82, 2.24) is 10.2 Å². The van der Waals surface area contributed by atoms with Crippen LogP contribution in [0.3, 0.4) is 0 Å². The molecule has 1 saturated carbocycles. The van der Waals surface area contributed by atoms with E-state index in [2.05, 4.69) is 5.32 Å². The largest absolute Gasteiger partial charge is 0.339 e. The van der Waals surface area contributed by atoms with Gasteiger partial charge in [0, 0.05) is 19.2 Å². The minimum absolute atomic E-state index is 0. The van der Waals surface area contributed by atoms with Crippen LogP contribution in [-0.4, -0.2) is 45.6 Å².